The number of morpholine rings is 1. The van der Waals surface area contributed by atoms with Gasteiger partial charge in [0.05, 0.1) is 19.8 Å². The number of hydrogen-bond donors (Lipinski definition) is 0. The van der Waals surface area contributed by atoms with Gasteiger partial charge in [-0.1, -0.05) is 6.42 Å². The van der Waals surface area contributed by atoms with Crippen molar-refractivity contribution in [2.45, 2.75) is 50.6 Å². The van der Waals surface area contributed by atoms with Gasteiger partial charge in [-0.15, -0.1) is 10.2 Å². The fourth-order valence-electron chi connectivity index (χ4n) is 3.56. The highest BCUT2D eigenvalue weighted by Gasteiger charge is 2.31. The van der Waals surface area contributed by atoms with Crippen molar-refractivity contribution >= 4 is 0 Å². The Labute approximate surface area is 131 Å². The molecule has 0 unspecified atom stereocenters. The van der Waals surface area contributed by atoms with Crippen molar-refractivity contribution in [2.24, 2.45) is 0 Å². The second kappa shape index (κ2) is 6.64. The molecule has 4 rings (SSSR count). The number of rotatable bonds is 5. The number of likely N-dealkylation sites (tertiary alicyclic amines) is 1. The molecule has 1 aliphatic carbocycles. The predicted octanol–water partition coefficient (Wildman–Crippen LogP) is 1.63. The van der Waals surface area contributed by atoms with E-state index in [1.54, 1.807) is 0 Å². The molecule has 22 heavy (non-hydrogen) atoms. The zero-order chi connectivity index (χ0) is 14.8. The summed E-state index contributed by atoms with van der Waals surface area (Å²) in [5, 5.41) is 8.47. The van der Waals surface area contributed by atoms with E-state index in [4.69, 9.17) is 9.15 Å². The van der Waals surface area contributed by atoms with E-state index in [0.717, 1.165) is 57.7 Å². The van der Waals surface area contributed by atoms with Crippen molar-refractivity contribution in [1.29, 1.82) is 0 Å². The van der Waals surface area contributed by atoms with Gasteiger partial charge in [-0.2, -0.15) is 0 Å². The van der Waals surface area contributed by atoms with Crippen LogP contribution in [0, 0.1) is 0 Å². The molecule has 0 N–H and O–H groups in total. The number of aromatic nitrogens is 2. The third-order valence-electron chi connectivity index (χ3n) is 5.07. The van der Waals surface area contributed by atoms with Crippen LogP contribution in [0.5, 0.6) is 0 Å². The molecule has 1 aromatic heterocycles. The molecular weight excluding hydrogens is 280 g/mol. The Balaban J connectivity index is 1.36. The van der Waals surface area contributed by atoms with Crippen LogP contribution in [0.3, 0.4) is 0 Å². The van der Waals surface area contributed by atoms with Crippen LogP contribution in [-0.4, -0.2) is 65.4 Å². The molecular formula is C16H26N4O2. The van der Waals surface area contributed by atoms with Crippen LogP contribution >= 0.6 is 0 Å². The van der Waals surface area contributed by atoms with Crippen molar-refractivity contribution in [3.63, 3.8) is 0 Å². The summed E-state index contributed by atoms with van der Waals surface area (Å²) in [6.45, 7) is 6.99. The van der Waals surface area contributed by atoms with Gasteiger partial charge in [-0.25, -0.2) is 0 Å². The van der Waals surface area contributed by atoms with Gasteiger partial charge in [-0.3, -0.25) is 9.80 Å². The summed E-state index contributed by atoms with van der Waals surface area (Å²) < 4.78 is 11.3. The lowest BCUT2D eigenvalue weighted by molar-refractivity contribution is 0.0138. The van der Waals surface area contributed by atoms with E-state index in [-0.39, 0.29) is 0 Å². The van der Waals surface area contributed by atoms with Crippen molar-refractivity contribution in [2.75, 3.05) is 39.4 Å². The first-order valence-corrected chi connectivity index (χ1v) is 8.75. The monoisotopic (exact) mass is 306 g/mol. The zero-order valence-electron chi connectivity index (χ0n) is 13.2. The number of hydrogen-bond acceptors (Lipinski definition) is 6. The molecule has 3 heterocycles. The summed E-state index contributed by atoms with van der Waals surface area (Å²) in [7, 11) is 0. The predicted molar refractivity (Wildman–Crippen MR) is 81.6 cm³/mol. The van der Waals surface area contributed by atoms with Crippen molar-refractivity contribution in [1.82, 2.24) is 20.0 Å². The molecule has 1 aromatic rings. The number of piperidine rings is 1. The summed E-state index contributed by atoms with van der Waals surface area (Å²) in [6.07, 6.45) is 6.32. The number of ether oxygens (including phenoxy) is 1. The van der Waals surface area contributed by atoms with Crippen LogP contribution in [0.15, 0.2) is 4.42 Å². The Hall–Kier alpha value is -0.980. The maximum absolute atomic E-state index is 5.85. The summed E-state index contributed by atoms with van der Waals surface area (Å²) in [4.78, 5) is 5.08. The third kappa shape index (κ3) is 3.50. The van der Waals surface area contributed by atoms with E-state index < -0.39 is 0 Å². The quantitative estimate of drug-likeness (QED) is 0.824. The molecule has 2 aliphatic heterocycles. The van der Waals surface area contributed by atoms with E-state index in [2.05, 4.69) is 20.0 Å². The van der Waals surface area contributed by atoms with Gasteiger partial charge >= 0.3 is 0 Å². The average molecular weight is 306 g/mol. The molecule has 6 nitrogen and oxygen atoms in total. The van der Waals surface area contributed by atoms with Crippen LogP contribution in [0.4, 0.5) is 0 Å². The highest BCUT2D eigenvalue weighted by Crippen LogP contribution is 2.39. The average Bonchev–Trinajstić information content (AvgIpc) is 3.30. The maximum Gasteiger partial charge on any atom is 0.230 e. The van der Waals surface area contributed by atoms with E-state index in [9.17, 15) is 0 Å². The summed E-state index contributed by atoms with van der Waals surface area (Å²) in [5.41, 5.74) is 0. The SMILES string of the molecule is C1CCN(Cc2nnc(C3CC3)o2)[C@@H](CN2CCOCC2)C1. The Kier molecular flexibility index (Phi) is 4.41. The standard InChI is InChI=1S/C16H26N4O2/c1-2-6-20(12-15-17-18-16(22-15)13-4-5-13)14(3-1)11-19-7-9-21-10-8-19/h13-14H,1-12H2/t14-/m1/s1. The molecule has 2 saturated heterocycles. The first-order chi connectivity index (χ1) is 10.9. The minimum Gasteiger partial charge on any atom is -0.424 e. The van der Waals surface area contributed by atoms with Crippen LogP contribution < -0.4 is 0 Å². The molecule has 3 aliphatic rings. The Morgan fingerprint density at radius 2 is 1.86 bits per heavy atom. The Bertz CT molecular complexity index is 482. The normalized spacial score (nSPS) is 28.1. The molecule has 1 atom stereocenters. The van der Waals surface area contributed by atoms with Crippen molar-refractivity contribution in [3.05, 3.63) is 11.8 Å². The topological polar surface area (TPSA) is 54.6 Å². The molecule has 122 valence electrons. The Morgan fingerprint density at radius 1 is 1.00 bits per heavy atom. The smallest absolute Gasteiger partial charge is 0.230 e. The van der Waals surface area contributed by atoms with Gasteiger partial charge in [0.1, 0.15) is 0 Å². The van der Waals surface area contributed by atoms with E-state index in [0.29, 0.717) is 12.0 Å². The Morgan fingerprint density at radius 3 is 2.68 bits per heavy atom. The molecule has 6 heteroatoms. The molecule has 0 spiro atoms. The van der Waals surface area contributed by atoms with Gasteiger partial charge in [0.2, 0.25) is 11.8 Å². The number of nitrogens with zero attached hydrogens (tertiary/aromatic N) is 4. The molecule has 0 bridgehead atoms. The summed E-state index contributed by atoms with van der Waals surface area (Å²) in [6, 6.07) is 0.614. The molecule has 0 amide bonds. The van der Waals surface area contributed by atoms with Gasteiger partial charge in [0, 0.05) is 31.6 Å². The molecule has 3 fully saturated rings. The third-order valence-corrected chi connectivity index (χ3v) is 5.07. The first-order valence-electron chi connectivity index (χ1n) is 8.75. The summed E-state index contributed by atoms with van der Waals surface area (Å²) >= 11 is 0. The second-order valence-electron chi connectivity index (χ2n) is 6.84. The van der Waals surface area contributed by atoms with E-state index >= 15 is 0 Å². The lowest BCUT2D eigenvalue weighted by Crippen LogP contribution is -2.49. The molecule has 0 aromatic carbocycles. The first kappa shape index (κ1) is 14.6. The van der Waals surface area contributed by atoms with Gasteiger partial charge in [0.15, 0.2) is 0 Å². The fraction of sp³-hybridized carbons (Fsp3) is 0.875. The van der Waals surface area contributed by atoms with Crippen LogP contribution in [0.2, 0.25) is 0 Å². The van der Waals surface area contributed by atoms with Gasteiger partial charge in [-0.05, 0) is 32.2 Å². The lowest BCUT2D eigenvalue weighted by atomic mass is 10.0. The minimum absolute atomic E-state index is 0.548. The zero-order valence-corrected chi connectivity index (χ0v) is 13.2. The van der Waals surface area contributed by atoms with E-state index in [1.807, 2.05) is 0 Å². The molecule has 0 radical (unpaired) electrons. The van der Waals surface area contributed by atoms with Gasteiger partial charge in [0.25, 0.3) is 0 Å². The minimum atomic E-state index is 0.548. The summed E-state index contributed by atoms with van der Waals surface area (Å²) in [5.74, 6) is 2.21. The molecule has 1 saturated carbocycles. The maximum atomic E-state index is 5.85. The highest BCUT2D eigenvalue weighted by molar-refractivity contribution is 5.00. The van der Waals surface area contributed by atoms with Crippen LogP contribution in [0.1, 0.15) is 49.8 Å². The van der Waals surface area contributed by atoms with Crippen LogP contribution in [-0.2, 0) is 11.3 Å². The highest BCUT2D eigenvalue weighted by atomic mass is 16.5. The van der Waals surface area contributed by atoms with Crippen LogP contribution in [0.25, 0.3) is 0 Å². The van der Waals surface area contributed by atoms with Gasteiger partial charge < -0.3 is 9.15 Å². The van der Waals surface area contributed by atoms with Crippen molar-refractivity contribution in [3.8, 4) is 0 Å². The van der Waals surface area contributed by atoms with Crippen molar-refractivity contribution < 1.29 is 9.15 Å². The largest absolute Gasteiger partial charge is 0.424 e. The van der Waals surface area contributed by atoms with E-state index in [1.165, 1.54) is 32.1 Å². The second-order valence-corrected chi connectivity index (χ2v) is 6.84. The fourth-order valence-corrected chi connectivity index (χ4v) is 3.56. The lowest BCUT2D eigenvalue weighted by Gasteiger charge is -2.39.